The zero-order valence-corrected chi connectivity index (χ0v) is 11.3. The van der Waals surface area contributed by atoms with Gasteiger partial charge in [0.25, 0.3) is 0 Å². The quantitative estimate of drug-likeness (QED) is 0.888. The molecule has 18 heavy (non-hydrogen) atoms. The van der Waals surface area contributed by atoms with Crippen molar-refractivity contribution in [1.29, 1.82) is 0 Å². The van der Waals surface area contributed by atoms with Gasteiger partial charge in [0.05, 0.1) is 17.8 Å². The lowest BCUT2D eigenvalue weighted by atomic mass is 10.2. The molecule has 3 heteroatoms. The monoisotopic (exact) mass is 261 g/mol. The minimum Gasteiger partial charge on any atom is -0.496 e. The molecule has 1 N–H and O–H groups in total. The van der Waals surface area contributed by atoms with Crippen LogP contribution < -0.4 is 10.1 Å². The molecule has 0 amide bonds. The van der Waals surface area contributed by atoms with E-state index in [1.165, 1.54) is 0 Å². The lowest BCUT2D eigenvalue weighted by molar-refractivity contribution is 0.410. The molecule has 0 fully saturated rings. The Morgan fingerprint density at radius 2 is 1.94 bits per heavy atom. The summed E-state index contributed by atoms with van der Waals surface area (Å²) in [4.78, 5) is 0. The summed E-state index contributed by atoms with van der Waals surface area (Å²) in [5, 5.41) is 4.06. The molecular weight excluding hydrogens is 246 g/mol. The van der Waals surface area contributed by atoms with Gasteiger partial charge in [-0.2, -0.15) is 0 Å². The Bertz CT molecular complexity index is 540. The van der Waals surface area contributed by atoms with Crippen LogP contribution >= 0.6 is 11.6 Å². The molecule has 0 atom stereocenters. The van der Waals surface area contributed by atoms with Crippen molar-refractivity contribution in [1.82, 2.24) is 0 Å². The highest BCUT2D eigenvalue weighted by atomic mass is 35.5. The minimum atomic E-state index is 0.687. The van der Waals surface area contributed by atoms with Crippen LogP contribution in [0.3, 0.4) is 0 Å². The number of hydrogen-bond acceptors (Lipinski definition) is 2. The summed E-state index contributed by atoms with van der Waals surface area (Å²) < 4.78 is 5.31. The molecule has 0 bridgehead atoms. The molecule has 0 unspecified atom stereocenters. The fourth-order valence-corrected chi connectivity index (χ4v) is 2.10. The smallest absolute Gasteiger partial charge is 0.123 e. The average Bonchev–Trinajstić information content (AvgIpc) is 2.38. The van der Waals surface area contributed by atoms with Crippen molar-refractivity contribution >= 4 is 17.3 Å². The third-order valence-corrected chi connectivity index (χ3v) is 3.10. The van der Waals surface area contributed by atoms with Gasteiger partial charge >= 0.3 is 0 Å². The van der Waals surface area contributed by atoms with Crippen molar-refractivity contribution in [2.75, 3.05) is 12.4 Å². The van der Waals surface area contributed by atoms with Crippen LogP contribution in [0.5, 0.6) is 5.75 Å². The molecule has 94 valence electrons. The predicted octanol–water partition coefficient (Wildman–Crippen LogP) is 4.27. The van der Waals surface area contributed by atoms with Crippen molar-refractivity contribution < 1.29 is 4.74 Å². The molecule has 0 saturated heterocycles. The molecule has 2 nitrogen and oxygen atoms in total. The molecule has 0 saturated carbocycles. The van der Waals surface area contributed by atoms with Gasteiger partial charge in [0, 0.05) is 12.1 Å². The Kier molecular flexibility index (Phi) is 4.11. The summed E-state index contributed by atoms with van der Waals surface area (Å²) in [5.41, 5.74) is 3.20. The maximum atomic E-state index is 6.18. The fourth-order valence-electron chi connectivity index (χ4n) is 1.80. The molecule has 0 radical (unpaired) electrons. The van der Waals surface area contributed by atoms with E-state index in [-0.39, 0.29) is 0 Å². The number of aryl methyl sites for hydroxylation is 1. The molecular formula is C15H16ClNO. The van der Waals surface area contributed by atoms with Crippen molar-refractivity contribution in [3.8, 4) is 5.75 Å². The van der Waals surface area contributed by atoms with Crippen LogP contribution in [-0.4, -0.2) is 7.11 Å². The number of benzene rings is 2. The van der Waals surface area contributed by atoms with Crippen molar-refractivity contribution in [3.63, 3.8) is 0 Å². The van der Waals surface area contributed by atoms with Gasteiger partial charge in [-0.3, -0.25) is 0 Å². The number of hydrogen-bond donors (Lipinski definition) is 1. The number of para-hydroxylation sites is 1. The molecule has 0 aliphatic carbocycles. The second-order valence-electron chi connectivity index (χ2n) is 4.15. The van der Waals surface area contributed by atoms with E-state index in [4.69, 9.17) is 16.3 Å². The summed E-state index contributed by atoms with van der Waals surface area (Å²) in [6.45, 7) is 2.71. The third kappa shape index (κ3) is 2.96. The van der Waals surface area contributed by atoms with Crippen molar-refractivity contribution in [3.05, 3.63) is 58.6 Å². The van der Waals surface area contributed by atoms with E-state index in [1.54, 1.807) is 7.11 Å². The minimum absolute atomic E-state index is 0.687. The van der Waals surface area contributed by atoms with Gasteiger partial charge in [-0.25, -0.2) is 0 Å². The summed E-state index contributed by atoms with van der Waals surface area (Å²) in [7, 11) is 1.68. The molecule has 0 aromatic heterocycles. The van der Waals surface area contributed by atoms with Gasteiger partial charge in [0.2, 0.25) is 0 Å². The average molecular weight is 262 g/mol. The highest BCUT2D eigenvalue weighted by Gasteiger charge is 2.03. The standard InChI is InChI=1S/C15H16ClNO/c1-11-7-8-14(13(16)9-11)17-10-12-5-3-4-6-15(12)18-2/h3-9,17H,10H2,1-2H3. The number of anilines is 1. The first kappa shape index (κ1) is 12.8. The molecule has 0 aliphatic rings. The van der Waals surface area contributed by atoms with E-state index in [0.717, 1.165) is 27.6 Å². The second-order valence-corrected chi connectivity index (χ2v) is 4.56. The maximum Gasteiger partial charge on any atom is 0.123 e. The van der Waals surface area contributed by atoms with E-state index in [2.05, 4.69) is 5.32 Å². The van der Waals surface area contributed by atoms with E-state index in [1.807, 2.05) is 49.4 Å². The van der Waals surface area contributed by atoms with Crippen LogP contribution in [-0.2, 0) is 6.54 Å². The van der Waals surface area contributed by atoms with Crippen LogP contribution in [0.25, 0.3) is 0 Å². The maximum absolute atomic E-state index is 6.18. The summed E-state index contributed by atoms with van der Waals surface area (Å²) >= 11 is 6.18. The van der Waals surface area contributed by atoms with Crippen LogP contribution in [0.4, 0.5) is 5.69 Å². The third-order valence-electron chi connectivity index (χ3n) is 2.79. The summed E-state index contributed by atoms with van der Waals surface area (Å²) in [5.74, 6) is 0.883. The first-order chi connectivity index (χ1) is 8.70. The van der Waals surface area contributed by atoms with Gasteiger partial charge < -0.3 is 10.1 Å². The van der Waals surface area contributed by atoms with Crippen LogP contribution in [0.1, 0.15) is 11.1 Å². The van der Waals surface area contributed by atoms with Crippen LogP contribution in [0.2, 0.25) is 5.02 Å². The Balaban J connectivity index is 2.11. The number of methoxy groups -OCH3 is 1. The zero-order chi connectivity index (χ0) is 13.0. The summed E-state index contributed by atoms with van der Waals surface area (Å²) in [6.07, 6.45) is 0. The van der Waals surface area contributed by atoms with E-state index in [9.17, 15) is 0 Å². The lowest BCUT2D eigenvalue weighted by Gasteiger charge is -2.11. The first-order valence-corrected chi connectivity index (χ1v) is 6.20. The summed E-state index contributed by atoms with van der Waals surface area (Å²) in [6, 6.07) is 13.9. The SMILES string of the molecule is COc1ccccc1CNc1ccc(C)cc1Cl. The predicted molar refractivity (Wildman–Crippen MR) is 76.5 cm³/mol. The Morgan fingerprint density at radius 1 is 1.17 bits per heavy atom. The molecule has 2 aromatic rings. The van der Waals surface area contributed by atoms with E-state index in [0.29, 0.717) is 6.54 Å². The van der Waals surface area contributed by atoms with Gasteiger partial charge in [-0.15, -0.1) is 0 Å². The Labute approximate surface area is 113 Å². The first-order valence-electron chi connectivity index (χ1n) is 5.82. The van der Waals surface area contributed by atoms with Crippen molar-refractivity contribution in [2.45, 2.75) is 13.5 Å². The molecule has 0 heterocycles. The number of ether oxygens (including phenoxy) is 1. The van der Waals surface area contributed by atoms with Gasteiger partial charge in [-0.1, -0.05) is 35.9 Å². The second kappa shape index (κ2) is 5.78. The Morgan fingerprint density at radius 3 is 2.67 bits per heavy atom. The highest BCUT2D eigenvalue weighted by Crippen LogP contribution is 2.25. The van der Waals surface area contributed by atoms with Crippen molar-refractivity contribution in [2.24, 2.45) is 0 Å². The topological polar surface area (TPSA) is 21.3 Å². The van der Waals surface area contributed by atoms with Gasteiger partial charge in [0.15, 0.2) is 0 Å². The van der Waals surface area contributed by atoms with Crippen LogP contribution in [0, 0.1) is 6.92 Å². The van der Waals surface area contributed by atoms with Gasteiger partial charge in [0.1, 0.15) is 5.75 Å². The fraction of sp³-hybridized carbons (Fsp3) is 0.200. The molecule has 0 aliphatic heterocycles. The van der Waals surface area contributed by atoms with Gasteiger partial charge in [-0.05, 0) is 30.7 Å². The molecule has 2 rings (SSSR count). The normalized spacial score (nSPS) is 10.2. The largest absolute Gasteiger partial charge is 0.496 e. The highest BCUT2D eigenvalue weighted by molar-refractivity contribution is 6.33. The van der Waals surface area contributed by atoms with Crippen LogP contribution in [0.15, 0.2) is 42.5 Å². The number of halogens is 1. The lowest BCUT2D eigenvalue weighted by Crippen LogP contribution is -2.02. The van der Waals surface area contributed by atoms with E-state index < -0.39 is 0 Å². The molecule has 0 spiro atoms. The Hall–Kier alpha value is -1.67. The number of rotatable bonds is 4. The molecule has 2 aromatic carbocycles. The number of nitrogens with one attached hydrogen (secondary N) is 1. The van der Waals surface area contributed by atoms with E-state index >= 15 is 0 Å². The zero-order valence-electron chi connectivity index (χ0n) is 10.5.